The van der Waals surface area contributed by atoms with Crippen LogP contribution in [0, 0.1) is 0 Å². The molecule has 35 heavy (non-hydrogen) atoms. The highest BCUT2D eigenvalue weighted by Crippen LogP contribution is 2.26. The van der Waals surface area contributed by atoms with Crippen LogP contribution in [-0.4, -0.2) is 22.2 Å². The first kappa shape index (κ1) is 25.1. The van der Waals surface area contributed by atoms with Crippen LogP contribution in [0.15, 0.2) is 71.7 Å². The summed E-state index contributed by atoms with van der Waals surface area (Å²) in [5, 5.41) is 14.3. The summed E-state index contributed by atoms with van der Waals surface area (Å²) in [7, 11) is 0. The number of aryl methyl sites for hydroxylation is 1. The number of carbonyl (C=O) groups is 1. The first-order chi connectivity index (χ1) is 17.0. The van der Waals surface area contributed by atoms with Crippen molar-refractivity contribution in [2.45, 2.75) is 39.1 Å². The number of amides is 1. The Morgan fingerprint density at radius 1 is 1.17 bits per heavy atom. The molecule has 0 aliphatic rings. The molecule has 0 bridgehead atoms. The number of thiophene rings is 1. The van der Waals surface area contributed by atoms with Crippen molar-refractivity contribution in [2.75, 3.05) is 6.61 Å². The topological polar surface area (TPSA) is 80.6 Å². The van der Waals surface area contributed by atoms with Crippen LogP contribution in [-0.2, 0) is 24.4 Å². The van der Waals surface area contributed by atoms with Crippen LogP contribution in [0.5, 0.6) is 0 Å². The standard InChI is InChI=1S/C27H27ClN2O4S/c1-2-12-30-15-23(26(33)29-14-18-8-10-20(28)11-9-18)25(32)22-13-21(35-27(22)30)16-34-17-24(31)19-6-4-3-5-7-19/h3-11,13,15,24,31H,2,12,14,16-17H2,1H3,(H,29,33)/t24-/m1/s1. The largest absolute Gasteiger partial charge is 0.386 e. The first-order valence-corrected chi connectivity index (χ1v) is 12.6. The summed E-state index contributed by atoms with van der Waals surface area (Å²) in [5.74, 6) is -0.410. The second kappa shape index (κ2) is 11.6. The van der Waals surface area contributed by atoms with Crippen molar-refractivity contribution in [1.29, 1.82) is 0 Å². The van der Waals surface area contributed by atoms with Crippen molar-refractivity contribution in [1.82, 2.24) is 9.88 Å². The van der Waals surface area contributed by atoms with E-state index in [2.05, 4.69) is 5.32 Å². The smallest absolute Gasteiger partial charge is 0.257 e. The Morgan fingerprint density at radius 3 is 2.63 bits per heavy atom. The van der Waals surface area contributed by atoms with Gasteiger partial charge in [-0.2, -0.15) is 0 Å². The van der Waals surface area contributed by atoms with Crippen molar-refractivity contribution in [2.24, 2.45) is 0 Å². The number of aliphatic hydroxyl groups excluding tert-OH is 1. The van der Waals surface area contributed by atoms with Gasteiger partial charge in [0.1, 0.15) is 16.5 Å². The molecule has 2 aromatic heterocycles. The van der Waals surface area contributed by atoms with E-state index in [9.17, 15) is 14.7 Å². The van der Waals surface area contributed by atoms with Gasteiger partial charge in [0.05, 0.1) is 18.6 Å². The van der Waals surface area contributed by atoms with Crippen LogP contribution in [0.2, 0.25) is 5.02 Å². The van der Waals surface area contributed by atoms with Gasteiger partial charge in [0.2, 0.25) is 5.43 Å². The monoisotopic (exact) mass is 510 g/mol. The fraction of sp³-hybridized carbons (Fsp3) is 0.259. The molecule has 1 amide bonds. The highest BCUT2D eigenvalue weighted by molar-refractivity contribution is 7.18. The molecule has 2 N–H and O–H groups in total. The lowest BCUT2D eigenvalue weighted by molar-refractivity contribution is 0.0287. The predicted octanol–water partition coefficient (Wildman–Crippen LogP) is 5.31. The van der Waals surface area contributed by atoms with Gasteiger partial charge in [-0.1, -0.05) is 61.0 Å². The molecule has 4 aromatic rings. The van der Waals surface area contributed by atoms with Crippen LogP contribution in [0.4, 0.5) is 0 Å². The summed E-state index contributed by atoms with van der Waals surface area (Å²) >= 11 is 7.39. The molecule has 0 aliphatic heterocycles. The van der Waals surface area contributed by atoms with E-state index in [1.165, 1.54) is 11.3 Å². The molecule has 0 aliphatic carbocycles. The molecule has 0 saturated heterocycles. The summed E-state index contributed by atoms with van der Waals surface area (Å²) in [5.41, 5.74) is 1.50. The maximum absolute atomic E-state index is 13.2. The van der Waals surface area contributed by atoms with E-state index in [0.717, 1.165) is 27.3 Å². The van der Waals surface area contributed by atoms with E-state index in [0.29, 0.717) is 23.5 Å². The second-order valence-corrected chi connectivity index (χ2v) is 9.80. The molecule has 1 atom stereocenters. The number of carbonyl (C=O) groups excluding carboxylic acids is 1. The Hall–Kier alpha value is -2.97. The summed E-state index contributed by atoms with van der Waals surface area (Å²) in [6.45, 7) is 3.45. The third-order valence-electron chi connectivity index (χ3n) is 5.58. The first-order valence-electron chi connectivity index (χ1n) is 11.5. The third-order valence-corrected chi connectivity index (χ3v) is 6.98. The number of benzene rings is 2. The SMILES string of the molecule is CCCn1cc(C(=O)NCc2ccc(Cl)cc2)c(=O)c2cc(COC[C@@H](O)c3ccccc3)sc21. The number of halogens is 1. The van der Waals surface area contributed by atoms with E-state index in [1.807, 2.05) is 54.0 Å². The lowest BCUT2D eigenvalue weighted by atomic mass is 10.1. The molecule has 4 rings (SSSR count). The zero-order chi connectivity index (χ0) is 24.8. The van der Waals surface area contributed by atoms with Crippen molar-refractivity contribution < 1.29 is 14.6 Å². The fourth-order valence-corrected chi connectivity index (χ4v) is 5.00. The molecule has 2 heterocycles. The predicted molar refractivity (Wildman–Crippen MR) is 140 cm³/mol. The number of fused-ring (bicyclic) bond motifs is 1. The summed E-state index contributed by atoms with van der Waals surface area (Å²) in [6.07, 6.45) is 1.78. The Morgan fingerprint density at radius 2 is 1.91 bits per heavy atom. The quantitative estimate of drug-likeness (QED) is 0.303. The molecule has 0 unspecified atom stereocenters. The van der Waals surface area contributed by atoms with Gasteiger partial charge in [0.15, 0.2) is 0 Å². The lowest BCUT2D eigenvalue weighted by Gasteiger charge is -2.11. The molecule has 6 nitrogen and oxygen atoms in total. The van der Waals surface area contributed by atoms with Crippen molar-refractivity contribution in [3.05, 3.63) is 104 Å². The number of aromatic nitrogens is 1. The van der Waals surface area contributed by atoms with Gasteiger partial charge < -0.3 is 19.7 Å². The Kier molecular flexibility index (Phi) is 8.36. The summed E-state index contributed by atoms with van der Waals surface area (Å²) in [4.78, 5) is 27.8. The van der Waals surface area contributed by atoms with E-state index in [1.54, 1.807) is 24.4 Å². The lowest BCUT2D eigenvalue weighted by Crippen LogP contribution is -2.29. The minimum Gasteiger partial charge on any atom is -0.386 e. The van der Waals surface area contributed by atoms with E-state index in [4.69, 9.17) is 16.3 Å². The van der Waals surface area contributed by atoms with Crippen LogP contribution >= 0.6 is 22.9 Å². The Balaban J connectivity index is 1.50. The summed E-state index contributed by atoms with van der Waals surface area (Å²) < 4.78 is 7.70. The van der Waals surface area contributed by atoms with Gasteiger partial charge in [0, 0.05) is 29.2 Å². The average Bonchev–Trinajstić information content (AvgIpc) is 3.30. The molecule has 0 fully saturated rings. The number of hydrogen-bond donors (Lipinski definition) is 2. The van der Waals surface area contributed by atoms with E-state index < -0.39 is 12.0 Å². The number of aliphatic hydroxyl groups is 1. The number of pyridine rings is 1. The van der Waals surface area contributed by atoms with E-state index >= 15 is 0 Å². The normalized spacial score (nSPS) is 12.1. The number of rotatable bonds is 10. The van der Waals surface area contributed by atoms with Crippen LogP contribution in [0.3, 0.4) is 0 Å². The van der Waals surface area contributed by atoms with Crippen LogP contribution < -0.4 is 10.7 Å². The molecule has 8 heteroatoms. The van der Waals surface area contributed by atoms with Gasteiger partial charge in [0.25, 0.3) is 5.91 Å². The minimum atomic E-state index is -0.721. The summed E-state index contributed by atoms with van der Waals surface area (Å²) in [6, 6.07) is 18.3. The Bertz CT molecular complexity index is 1350. The molecular weight excluding hydrogens is 484 g/mol. The van der Waals surface area contributed by atoms with Gasteiger partial charge in [-0.05, 0) is 35.7 Å². The van der Waals surface area contributed by atoms with Gasteiger partial charge >= 0.3 is 0 Å². The van der Waals surface area contributed by atoms with E-state index in [-0.39, 0.29) is 24.2 Å². The number of hydrogen-bond acceptors (Lipinski definition) is 5. The Labute approximate surface area is 212 Å². The maximum atomic E-state index is 13.2. The molecule has 0 radical (unpaired) electrons. The van der Waals surface area contributed by atoms with Crippen LogP contribution in [0.1, 0.15) is 45.8 Å². The highest BCUT2D eigenvalue weighted by Gasteiger charge is 2.18. The van der Waals surface area contributed by atoms with Crippen molar-refractivity contribution in [3.8, 4) is 0 Å². The molecule has 0 spiro atoms. The third kappa shape index (κ3) is 6.18. The fourth-order valence-electron chi connectivity index (χ4n) is 3.79. The number of nitrogens with zero attached hydrogens (tertiary/aromatic N) is 1. The zero-order valence-electron chi connectivity index (χ0n) is 19.4. The molecular formula is C27H27ClN2O4S. The molecule has 2 aromatic carbocycles. The van der Waals surface area contributed by atoms with Gasteiger partial charge in [-0.25, -0.2) is 0 Å². The molecule has 182 valence electrons. The van der Waals surface area contributed by atoms with Gasteiger partial charge in [-0.15, -0.1) is 11.3 Å². The van der Waals surface area contributed by atoms with Crippen molar-refractivity contribution in [3.63, 3.8) is 0 Å². The average molecular weight is 511 g/mol. The maximum Gasteiger partial charge on any atom is 0.257 e. The zero-order valence-corrected chi connectivity index (χ0v) is 20.9. The van der Waals surface area contributed by atoms with Crippen molar-refractivity contribution >= 4 is 39.1 Å². The second-order valence-electron chi connectivity index (χ2n) is 8.25. The number of ether oxygens (including phenoxy) is 1. The van der Waals surface area contributed by atoms with Crippen LogP contribution in [0.25, 0.3) is 10.2 Å². The number of nitrogens with one attached hydrogen (secondary N) is 1. The minimum absolute atomic E-state index is 0.115. The highest BCUT2D eigenvalue weighted by atomic mass is 35.5. The molecule has 0 saturated carbocycles. The van der Waals surface area contributed by atoms with Gasteiger partial charge in [-0.3, -0.25) is 9.59 Å².